The van der Waals surface area contributed by atoms with Crippen LogP contribution >= 0.6 is 0 Å². The lowest BCUT2D eigenvalue weighted by molar-refractivity contribution is -0.197. The van der Waals surface area contributed by atoms with Gasteiger partial charge in [0.2, 0.25) is 0 Å². The van der Waals surface area contributed by atoms with Crippen molar-refractivity contribution in [3.05, 3.63) is 0 Å². The van der Waals surface area contributed by atoms with E-state index in [-0.39, 0.29) is 46.9 Å². The molecule has 6 nitrogen and oxygen atoms in total. The first kappa shape index (κ1) is 26.5. The van der Waals surface area contributed by atoms with Crippen LogP contribution in [0.15, 0.2) is 0 Å². The van der Waals surface area contributed by atoms with E-state index in [1.54, 1.807) is 0 Å². The third-order valence-corrected chi connectivity index (χ3v) is 11.0. The largest absolute Gasteiger partial charge is 0.469 e. The minimum Gasteiger partial charge on any atom is -0.469 e. The van der Waals surface area contributed by atoms with E-state index in [0.29, 0.717) is 36.0 Å². The summed E-state index contributed by atoms with van der Waals surface area (Å²) >= 11 is 0. The number of hydrogen-bond donors (Lipinski definition) is 0. The fraction of sp³-hybridized carbons (Fsp3) is 0.897. The molecule has 4 aliphatic carbocycles. The van der Waals surface area contributed by atoms with Crippen LogP contribution in [0.1, 0.15) is 98.8 Å². The van der Waals surface area contributed by atoms with Gasteiger partial charge in [0.15, 0.2) is 0 Å². The molecule has 0 amide bonds. The predicted molar refractivity (Wildman–Crippen MR) is 132 cm³/mol. The predicted octanol–water partition coefficient (Wildman–Crippen LogP) is 5.71. The number of hydrogen-bond acceptors (Lipinski definition) is 6. The maximum atomic E-state index is 12.1. The molecule has 0 spiro atoms. The summed E-state index contributed by atoms with van der Waals surface area (Å²) in [4.78, 5) is 35.6. The Morgan fingerprint density at radius 3 is 2.17 bits per heavy atom. The highest BCUT2D eigenvalue weighted by Crippen LogP contribution is 2.68. The monoisotopic (exact) mass is 490 g/mol. The molecule has 35 heavy (non-hydrogen) atoms. The van der Waals surface area contributed by atoms with Gasteiger partial charge in [-0.15, -0.1) is 0 Å². The molecule has 4 rings (SSSR count). The van der Waals surface area contributed by atoms with Crippen molar-refractivity contribution in [3.63, 3.8) is 0 Å². The minimum absolute atomic E-state index is 0.0689. The molecule has 0 N–H and O–H groups in total. The van der Waals surface area contributed by atoms with E-state index >= 15 is 0 Å². The van der Waals surface area contributed by atoms with E-state index in [2.05, 4.69) is 20.8 Å². The molecule has 10 atom stereocenters. The molecule has 0 bridgehead atoms. The molecule has 4 saturated carbocycles. The highest BCUT2D eigenvalue weighted by atomic mass is 16.5. The lowest BCUT2D eigenvalue weighted by Crippen LogP contribution is -2.59. The summed E-state index contributed by atoms with van der Waals surface area (Å²) in [6, 6.07) is 0. The highest BCUT2D eigenvalue weighted by Gasteiger charge is 2.63. The normalized spacial score (nSPS) is 43.2. The van der Waals surface area contributed by atoms with E-state index in [9.17, 15) is 14.4 Å². The first-order valence-corrected chi connectivity index (χ1v) is 13.9. The van der Waals surface area contributed by atoms with Gasteiger partial charge in [0.1, 0.15) is 12.2 Å². The summed E-state index contributed by atoms with van der Waals surface area (Å²) in [7, 11) is 1.47. The zero-order valence-corrected chi connectivity index (χ0v) is 22.6. The van der Waals surface area contributed by atoms with E-state index in [4.69, 9.17) is 14.2 Å². The third kappa shape index (κ3) is 4.87. The number of carbonyl (C=O) groups excluding carboxylic acids is 3. The number of ether oxygens (including phenoxy) is 3. The van der Waals surface area contributed by atoms with Crippen molar-refractivity contribution >= 4 is 17.9 Å². The van der Waals surface area contributed by atoms with Gasteiger partial charge in [-0.2, -0.15) is 0 Å². The second-order valence-corrected chi connectivity index (χ2v) is 12.7. The van der Waals surface area contributed by atoms with Crippen LogP contribution in [-0.4, -0.2) is 37.2 Å². The van der Waals surface area contributed by atoms with Gasteiger partial charge in [-0.25, -0.2) is 0 Å². The van der Waals surface area contributed by atoms with Gasteiger partial charge in [0.05, 0.1) is 7.11 Å². The summed E-state index contributed by atoms with van der Waals surface area (Å²) in [5, 5.41) is 0. The van der Waals surface area contributed by atoms with Gasteiger partial charge in [0.25, 0.3) is 0 Å². The van der Waals surface area contributed by atoms with Crippen molar-refractivity contribution < 1.29 is 28.6 Å². The van der Waals surface area contributed by atoms with Crippen LogP contribution in [-0.2, 0) is 28.6 Å². The zero-order chi connectivity index (χ0) is 25.5. The Kier molecular flexibility index (Phi) is 7.60. The lowest BCUT2D eigenvalue weighted by Gasteiger charge is -2.62. The Morgan fingerprint density at radius 1 is 0.857 bits per heavy atom. The second kappa shape index (κ2) is 10.0. The van der Waals surface area contributed by atoms with Crippen molar-refractivity contribution in [1.29, 1.82) is 0 Å². The van der Waals surface area contributed by atoms with E-state index in [1.165, 1.54) is 46.6 Å². The van der Waals surface area contributed by atoms with Crippen LogP contribution in [0.2, 0.25) is 0 Å². The molecule has 198 valence electrons. The van der Waals surface area contributed by atoms with Crippen LogP contribution in [0.4, 0.5) is 0 Å². The molecule has 0 aromatic rings. The van der Waals surface area contributed by atoms with Crippen molar-refractivity contribution in [3.8, 4) is 0 Å². The van der Waals surface area contributed by atoms with Gasteiger partial charge in [-0.05, 0) is 98.2 Å². The van der Waals surface area contributed by atoms with Gasteiger partial charge in [-0.3, -0.25) is 14.4 Å². The molecular formula is C29H46O6. The smallest absolute Gasteiger partial charge is 0.305 e. The molecule has 4 aliphatic rings. The fourth-order valence-electron chi connectivity index (χ4n) is 9.54. The second-order valence-electron chi connectivity index (χ2n) is 12.7. The summed E-state index contributed by atoms with van der Waals surface area (Å²) in [6.07, 6.45) is 9.78. The van der Waals surface area contributed by atoms with Gasteiger partial charge >= 0.3 is 17.9 Å². The lowest BCUT2D eigenvalue weighted by atomic mass is 9.43. The SMILES string of the molecule is COC(=O)CC[C@@H](C)[C@H]1CC[C@H]2[C@@H]3C[C@@H](OC(C)=O)[C@@H]4C[C@H](OC(C)=O)CC[C@]4(C)[C@H]3CC[C@]12C. The molecule has 4 fully saturated rings. The van der Waals surface area contributed by atoms with Crippen LogP contribution in [0.3, 0.4) is 0 Å². The molecule has 0 saturated heterocycles. The number of carbonyl (C=O) groups is 3. The summed E-state index contributed by atoms with van der Waals surface area (Å²) in [6.45, 7) is 10.3. The fourth-order valence-corrected chi connectivity index (χ4v) is 9.54. The molecule has 6 heteroatoms. The first-order chi connectivity index (χ1) is 16.5. The Balaban J connectivity index is 1.56. The molecule has 0 heterocycles. The van der Waals surface area contributed by atoms with E-state index in [0.717, 1.165) is 32.1 Å². The number of esters is 3. The van der Waals surface area contributed by atoms with Crippen LogP contribution in [0.5, 0.6) is 0 Å². The molecule has 0 radical (unpaired) electrons. The average Bonchev–Trinajstić information content (AvgIpc) is 3.14. The van der Waals surface area contributed by atoms with Crippen molar-refractivity contribution in [2.24, 2.45) is 46.3 Å². The summed E-state index contributed by atoms with van der Waals surface area (Å²) < 4.78 is 16.6. The molecule has 0 aliphatic heterocycles. The molecule has 0 aromatic heterocycles. The van der Waals surface area contributed by atoms with Crippen LogP contribution in [0.25, 0.3) is 0 Å². The number of fused-ring (bicyclic) bond motifs is 5. The van der Waals surface area contributed by atoms with E-state index < -0.39 is 0 Å². The zero-order valence-electron chi connectivity index (χ0n) is 22.6. The Hall–Kier alpha value is -1.59. The van der Waals surface area contributed by atoms with Gasteiger partial charge in [0, 0.05) is 26.2 Å². The molecule has 0 aromatic carbocycles. The van der Waals surface area contributed by atoms with Gasteiger partial charge < -0.3 is 14.2 Å². The molecular weight excluding hydrogens is 444 g/mol. The minimum atomic E-state index is -0.219. The van der Waals surface area contributed by atoms with Crippen molar-refractivity contribution in [1.82, 2.24) is 0 Å². The Labute approximate surface area is 211 Å². The average molecular weight is 491 g/mol. The van der Waals surface area contributed by atoms with Crippen molar-refractivity contribution in [2.75, 3.05) is 7.11 Å². The Morgan fingerprint density at radius 2 is 1.51 bits per heavy atom. The number of rotatable bonds is 6. The summed E-state index contributed by atoms with van der Waals surface area (Å²) in [5.41, 5.74) is 0.380. The van der Waals surface area contributed by atoms with E-state index in [1.807, 2.05) is 0 Å². The topological polar surface area (TPSA) is 78.9 Å². The maximum Gasteiger partial charge on any atom is 0.305 e. The molecule has 0 unspecified atom stereocenters. The standard InChI is InChI=1S/C29H46O6/c1-17(7-10-27(32)33-6)22-8-9-23-21-16-26(35-19(3)31)25-15-20(34-18(2)30)11-13-29(25,5)24(21)12-14-28(22,23)4/h17,20-26H,7-16H2,1-6H3/t17-,20-,21+,22-,23+,24+,25+,26-,28-,29-/m1/s1. The summed E-state index contributed by atoms with van der Waals surface area (Å²) in [5.74, 6) is 2.64. The maximum absolute atomic E-state index is 12.1. The van der Waals surface area contributed by atoms with Crippen LogP contribution in [0, 0.1) is 46.3 Å². The van der Waals surface area contributed by atoms with Crippen molar-refractivity contribution in [2.45, 2.75) is 111 Å². The third-order valence-electron chi connectivity index (χ3n) is 11.0. The first-order valence-electron chi connectivity index (χ1n) is 13.9. The number of methoxy groups -OCH3 is 1. The highest BCUT2D eigenvalue weighted by molar-refractivity contribution is 5.69. The van der Waals surface area contributed by atoms with Gasteiger partial charge in [-0.1, -0.05) is 20.8 Å². The van der Waals surface area contributed by atoms with Crippen LogP contribution < -0.4 is 0 Å². The Bertz CT molecular complexity index is 824. The quantitative estimate of drug-likeness (QED) is 0.351.